The van der Waals surface area contributed by atoms with E-state index in [1.165, 1.54) is 32.1 Å². The Morgan fingerprint density at radius 3 is 2.40 bits per heavy atom. The van der Waals surface area contributed by atoms with Crippen molar-refractivity contribution in [1.29, 1.82) is 0 Å². The van der Waals surface area contributed by atoms with Gasteiger partial charge in [-0.15, -0.1) is 0 Å². The summed E-state index contributed by atoms with van der Waals surface area (Å²) in [6.45, 7) is 1.16. The molecule has 1 fully saturated rings. The van der Waals surface area contributed by atoms with Crippen molar-refractivity contribution in [3.8, 4) is 17.2 Å². The van der Waals surface area contributed by atoms with Crippen LogP contribution in [0.15, 0.2) is 18.2 Å². The first-order chi connectivity index (χ1) is 16.6. The molecular weight excluding hydrogens is 502 g/mol. The molecular formula is C22H26ClN3O8S. The van der Waals surface area contributed by atoms with Gasteiger partial charge in [0.2, 0.25) is 5.75 Å². The van der Waals surface area contributed by atoms with E-state index in [9.17, 15) is 18.0 Å². The topological polar surface area (TPSA) is 135 Å². The summed E-state index contributed by atoms with van der Waals surface area (Å²) in [5.41, 5.74) is 1.36. The van der Waals surface area contributed by atoms with Crippen molar-refractivity contribution in [3.05, 3.63) is 34.6 Å². The quantitative estimate of drug-likeness (QED) is 0.385. The van der Waals surface area contributed by atoms with Gasteiger partial charge in [0, 0.05) is 29.5 Å². The van der Waals surface area contributed by atoms with Crippen LogP contribution in [0.3, 0.4) is 0 Å². The lowest BCUT2D eigenvalue weighted by molar-refractivity contribution is -0.142. The largest absolute Gasteiger partial charge is 0.493 e. The monoisotopic (exact) mass is 527 g/mol. The summed E-state index contributed by atoms with van der Waals surface area (Å²) in [4.78, 5) is 24.4. The Morgan fingerprint density at radius 2 is 1.86 bits per heavy atom. The highest BCUT2D eigenvalue weighted by Gasteiger charge is 2.31. The maximum absolute atomic E-state index is 12.2. The summed E-state index contributed by atoms with van der Waals surface area (Å²) in [5, 5.41) is 7.14. The molecule has 2 heterocycles. The van der Waals surface area contributed by atoms with Gasteiger partial charge in [-0.05, 0) is 19.4 Å². The molecule has 0 spiro atoms. The zero-order valence-corrected chi connectivity index (χ0v) is 21.2. The lowest BCUT2D eigenvalue weighted by atomic mass is 10.2. The number of halogens is 1. The van der Waals surface area contributed by atoms with Gasteiger partial charge in [0.1, 0.15) is 5.15 Å². The molecule has 0 bridgehead atoms. The average Bonchev–Trinajstić information content (AvgIpc) is 3.32. The second kappa shape index (κ2) is 11.0. The fraction of sp³-hybridized carbons (Fsp3) is 0.409. The van der Waals surface area contributed by atoms with Gasteiger partial charge in [-0.2, -0.15) is 5.10 Å². The van der Waals surface area contributed by atoms with E-state index in [-0.39, 0.29) is 22.7 Å². The molecule has 35 heavy (non-hydrogen) atoms. The third kappa shape index (κ3) is 6.25. The van der Waals surface area contributed by atoms with Gasteiger partial charge in [-0.3, -0.25) is 4.79 Å². The van der Waals surface area contributed by atoms with Crippen LogP contribution in [0.25, 0.3) is 6.08 Å². The normalized spacial score (nSPS) is 16.8. The smallest absolute Gasteiger partial charge is 0.331 e. The molecule has 1 atom stereocenters. The zero-order chi connectivity index (χ0) is 25.8. The van der Waals surface area contributed by atoms with E-state index in [1.54, 1.807) is 19.1 Å². The van der Waals surface area contributed by atoms with E-state index in [2.05, 4.69) is 10.4 Å². The molecule has 1 aromatic carbocycles. The molecule has 0 aliphatic carbocycles. The second-order valence-corrected chi connectivity index (χ2v) is 10.3. The maximum Gasteiger partial charge on any atom is 0.331 e. The van der Waals surface area contributed by atoms with Gasteiger partial charge in [0.05, 0.1) is 44.6 Å². The Labute approximate surface area is 207 Å². The molecule has 1 aromatic heterocycles. The lowest BCUT2D eigenvalue weighted by Gasteiger charge is -2.14. The van der Waals surface area contributed by atoms with Crippen LogP contribution in [-0.2, 0) is 24.2 Å². The summed E-state index contributed by atoms with van der Waals surface area (Å²) in [5.74, 6) is -0.211. The van der Waals surface area contributed by atoms with E-state index >= 15 is 0 Å². The van der Waals surface area contributed by atoms with Crippen molar-refractivity contribution in [2.45, 2.75) is 19.4 Å². The Kier molecular flexibility index (Phi) is 8.28. The third-order valence-corrected chi connectivity index (χ3v) is 7.43. The third-order valence-electron chi connectivity index (χ3n) is 5.31. The molecule has 1 aliphatic rings. The van der Waals surface area contributed by atoms with Crippen LogP contribution in [0.1, 0.15) is 23.7 Å². The average molecular weight is 528 g/mol. The number of hydrogen-bond acceptors (Lipinski definition) is 9. The number of methoxy groups -OCH3 is 3. The van der Waals surface area contributed by atoms with Crippen LogP contribution in [-0.4, -0.2) is 69.5 Å². The SMILES string of the molecule is COc1cc(NC(=O)COC(=O)C=Cc2c(C)nn(C3CCS(=O)(=O)C3)c2Cl)cc(OC)c1OC. The predicted octanol–water partition coefficient (Wildman–Crippen LogP) is 2.43. The lowest BCUT2D eigenvalue weighted by Crippen LogP contribution is -2.20. The number of carbonyl (C=O) groups excluding carboxylic acids is 2. The molecule has 1 N–H and O–H groups in total. The number of benzene rings is 1. The minimum absolute atomic E-state index is 0.0277. The first kappa shape index (κ1) is 26.4. The Balaban J connectivity index is 1.60. The van der Waals surface area contributed by atoms with Crippen molar-refractivity contribution >= 4 is 45.1 Å². The maximum atomic E-state index is 12.2. The van der Waals surface area contributed by atoms with Crippen molar-refractivity contribution < 1.29 is 37.0 Å². The van der Waals surface area contributed by atoms with Crippen LogP contribution in [0.5, 0.6) is 17.2 Å². The van der Waals surface area contributed by atoms with E-state index in [1.807, 2.05) is 0 Å². The van der Waals surface area contributed by atoms with Gasteiger partial charge in [-0.25, -0.2) is 17.9 Å². The molecule has 11 nitrogen and oxygen atoms in total. The Morgan fingerprint density at radius 1 is 1.20 bits per heavy atom. The number of hydrogen-bond donors (Lipinski definition) is 1. The first-order valence-corrected chi connectivity index (χ1v) is 12.7. The highest BCUT2D eigenvalue weighted by atomic mass is 35.5. The van der Waals surface area contributed by atoms with Crippen LogP contribution in [0.2, 0.25) is 5.15 Å². The van der Waals surface area contributed by atoms with Gasteiger partial charge in [0.15, 0.2) is 27.9 Å². The van der Waals surface area contributed by atoms with Crippen LogP contribution in [0, 0.1) is 6.92 Å². The van der Waals surface area contributed by atoms with E-state index < -0.39 is 28.3 Å². The van der Waals surface area contributed by atoms with Crippen LogP contribution < -0.4 is 19.5 Å². The number of nitrogens with one attached hydrogen (secondary N) is 1. The number of rotatable bonds is 9. The molecule has 2 aromatic rings. The molecule has 1 amide bonds. The minimum atomic E-state index is -3.11. The van der Waals surface area contributed by atoms with Crippen molar-refractivity contribution in [2.75, 3.05) is 44.8 Å². The molecule has 13 heteroatoms. The van der Waals surface area contributed by atoms with E-state index in [0.29, 0.717) is 40.6 Å². The number of carbonyl (C=O) groups is 2. The molecule has 1 unspecified atom stereocenters. The summed E-state index contributed by atoms with van der Waals surface area (Å²) in [7, 11) is 1.25. The standard InChI is InChI=1S/C22H26ClN3O8S/c1-13-16(22(23)26(25-13)15-7-8-35(29,30)12-15)5-6-20(28)34-11-19(27)24-14-9-17(31-2)21(33-4)18(10-14)32-3/h5-6,9-10,15H,7-8,11-12H2,1-4H3,(H,24,27). The van der Waals surface area contributed by atoms with Gasteiger partial charge in [-0.1, -0.05) is 11.6 Å². The predicted molar refractivity (Wildman–Crippen MR) is 129 cm³/mol. The number of nitrogens with zero attached hydrogens (tertiary/aromatic N) is 2. The minimum Gasteiger partial charge on any atom is -0.493 e. The molecule has 0 radical (unpaired) electrons. The molecule has 1 saturated heterocycles. The van der Waals surface area contributed by atoms with Crippen molar-refractivity contribution in [2.24, 2.45) is 0 Å². The summed E-state index contributed by atoms with van der Waals surface area (Å²) in [6.07, 6.45) is 2.97. The zero-order valence-electron chi connectivity index (χ0n) is 19.7. The number of esters is 1. The van der Waals surface area contributed by atoms with Gasteiger partial charge in [0.25, 0.3) is 5.91 Å². The molecule has 190 valence electrons. The fourth-order valence-electron chi connectivity index (χ4n) is 3.62. The number of aryl methyl sites for hydroxylation is 1. The van der Waals surface area contributed by atoms with Crippen LogP contribution in [0.4, 0.5) is 5.69 Å². The number of anilines is 1. The molecule has 3 rings (SSSR count). The summed E-state index contributed by atoms with van der Waals surface area (Å²) < 4.78 is 45.7. The number of aromatic nitrogens is 2. The highest BCUT2D eigenvalue weighted by Crippen LogP contribution is 2.40. The van der Waals surface area contributed by atoms with Gasteiger partial charge < -0.3 is 24.3 Å². The van der Waals surface area contributed by atoms with Crippen molar-refractivity contribution in [1.82, 2.24) is 9.78 Å². The van der Waals surface area contributed by atoms with Gasteiger partial charge >= 0.3 is 5.97 Å². The van der Waals surface area contributed by atoms with Crippen LogP contribution >= 0.6 is 11.6 Å². The first-order valence-electron chi connectivity index (χ1n) is 10.5. The molecule has 1 aliphatic heterocycles. The Hall–Kier alpha value is -3.25. The highest BCUT2D eigenvalue weighted by molar-refractivity contribution is 7.91. The Bertz CT molecular complexity index is 1230. The number of ether oxygens (including phenoxy) is 4. The van der Waals surface area contributed by atoms with Crippen molar-refractivity contribution in [3.63, 3.8) is 0 Å². The number of sulfone groups is 1. The molecule has 0 saturated carbocycles. The fourth-order valence-corrected chi connectivity index (χ4v) is 5.69. The second-order valence-electron chi connectivity index (χ2n) is 7.69. The number of amides is 1. The van der Waals surface area contributed by atoms with E-state index in [0.717, 1.165) is 6.08 Å². The van der Waals surface area contributed by atoms with E-state index in [4.69, 9.17) is 30.5 Å². The summed E-state index contributed by atoms with van der Waals surface area (Å²) >= 11 is 6.38. The summed E-state index contributed by atoms with van der Waals surface area (Å²) in [6, 6.07) is 2.73.